The van der Waals surface area contributed by atoms with Crippen LogP contribution in [0.25, 0.3) is 0 Å². The van der Waals surface area contributed by atoms with E-state index in [0.29, 0.717) is 11.4 Å². The molecule has 0 aliphatic rings. The standard InChI is InChI=1S/C11H11ClN4O5S/c1-5-8(4-14-21-5)16-11(18)15-7-3-2-6(12)10(9(7)17)22(13,19)20/h2-4,17H,1H3,(H2,13,19,20)(H2,15,16,18). The van der Waals surface area contributed by atoms with Crippen molar-refractivity contribution in [1.82, 2.24) is 5.16 Å². The van der Waals surface area contributed by atoms with E-state index in [0.717, 1.165) is 0 Å². The summed E-state index contributed by atoms with van der Waals surface area (Å²) >= 11 is 5.69. The van der Waals surface area contributed by atoms with Gasteiger partial charge in [0.2, 0.25) is 10.0 Å². The zero-order valence-corrected chi connectivity index (χ0v) is 12.7. The lowest BCUT2D eigenvalue weighted by molar-refractivity contribution is 0.262. The summed E-state index contributed by atoms with van der Waals surface area (Å²) in [5.74, 6) is -0.382. The Balaban J connectivity index is 2.27. The van der Waals surface area contributed by atoms with E-state index in [4.69, 9.17) is 21.3 Å². The molecule has 0 atom stereocenters. The summed E-state index contributed by atoms with van der Waals surface area (Å²) in [7, 11) is -4.26. The molecule has 0 saturated heterocycles. The quantitative estimate of drug-likeness (QED) is 0.621. The highest BCUT2D eigenvalue weighted by Gasteiger charge is 2.22. The average molecular weight is 347 g/mol. The molecular formula is C11H11ClN4O5S. The van der Waals surface area contributed by atoms with Gasteiger partial charge >= 0.3 is 6.03 Å². The number of phenolic OH excluding ortho intramolecular Hbond substituents is 1. The highest BCUT2D eigenvalue weighted by atomic mass is 35.5. The van der Waals surface area contributed by atoms with Crippen LogP contribution in [0.5, 0.6) is 5.75 Å². The highest BCUT2D eigenvalue weighted by molar-refractivity contribution is 7.89. The van der Waals surface area contributed by atoms with Crippen molar-refractivity contribution >= 4 is 39.0 Å². The van der Waals surface area contributed by atoms with Gasteiger partial charge in [-0.15, -0.1) is 0 Å². The molecule has 0 unspecified atom stereocenters. The zero-order valence-electron chi connectivity index (χ0n) is 11.1. The van der Waals surface area contributed by atoms with Gasteiger partial charge in [-0.2, -0.15) is 0 Å². The first-order valence-electron chi connectivity index (χ1n) is 5.73. The lowest BCUT2D eigenvalue weighted by atomic mass is 10.3. The van der Waals surface area contributed by atoms with Crippen molar-refractivity contribution in [2.75, 3.05) is 10.6 Å². The minimum Gasteiger partial charge on any atom is -0.504 e. The third-order valence-corrected chi connectivity index (χ3v) is 4.02. The number of nitrogens with one attached hydrogen (secondary N) is 2. The number of benzene rings is 1. The predicted molar refractivity (Wildman–Crippen MR) is 78.4 cm³/mol. The summed E-state index contributed by atoms with van der Waals surface area (Å²) < 4.78 is 27.6. The van der Waals surface area contributed by atoms with E-state index < -0.39 is 26.7 Å². The normalized spacial score (nSPS) is 11.2. The van der Waals surface area contributed by atoms with Crippen molar-refractivity contribution in [2.45, 2.75) is 11.8 Å². The Hall–Kier alpha value is -2.30. The third kappa shape index (κ3) is 3.30. The molecule has 0 spiro atoms. The number of sulfonamides is 1. The number of anilines is 2. The number of primary sulfonamides is 1. The summed E-state index contributed by atoms with van der Waals surface area (Å²) in [6, 6.07) is 1.66. The van der Waals surface area contributed by atoms with Crippen molar-refractivity contribution in [1.29, 1.82) is 0 Å². The zero-order chi connectivity index (χ0) is 16.5. The number of nitrogens with two attached hydrogens (primary N) is 1. The fourth-order valence-corrected chi connectivity index (χ4v) is 2.81. The van der Waals surface area contributed by atoms with Crippen LogP contribution in [0.2, 0.25) is 5.02 Å². The Morgan fingerprint density at radius 3 is 2.55 bits per heavy atom. The SMILES string of the molecule is Cc1oncc1NC(=O)Nc1ccc(Cl)c(S(N)(=O)=O)c1O. The first-order chi connectivity index (χ1) is 10.2. The van der Waals surface area contributed by atoms with Crippen molar-refractivity contribution in [3.63, 3.8) is 0 Å². The van der Waals surface area contributed by atoms with E-state index in [1.54, 1.807) is 6.92 Å². The number of carbonyl (C=O) groups excluding carboxylic acids is 1. The third-order valence-electron chi connectivity index (χ3n) is 2.62. The van der Waals surface area contributed by atoms with Crippen LogP contribution >= 0.6 is 11.6 Å². The lowest BCUT2D eigenvalue weighted by Crippen LogP contribution is -2.20. The molecule has 2 aromatic rings. The number of aryl methyl sites for hydroxylation is 1. The fraction of sp³-hybridized carbons (Fsp3) is 0.0909. The molecular weight excluding hydrogens is 336 g/mol. The molecule has 1 aromatic carbocycles. The van der Waals surface area contributed by atoms with Gasteiger partial charge in [0.1, 0.15) is 10.6 Å². The molecule has 0 fully saturated rings. The van der Waals surface area contributed by atoms with Crippen LogP contribution < -0.4 is 15.8 Å². The Kier molecular flexibility index (Phi) is 4.26. The van der Waals surface area contributed by atoms with E-state index in [1.807, 2.05) is 0 Å². The van der Waals surface area contributed by atoms with Crippen LogP contribution in [0.4, 0.5) is 16.2 Å². The number of aromatic nitrogens is 1. The number of rotatable bonds is 3. The van der Waals surface area contributed by atoms with Gasteiger partial charge in [-0.1, -0.05) is 16.8 Å². The number of phenols is 1. The van der Waals surface area contributed by atoms with E-state index in [9.17, 15) is 18.3 Å². The van der Waals surface area contributed by atoms with Gasteiger partial charge in [0.05, 0.1) is 16.9 Å². The van der Waals surface area contributed by atoms with Gasteiger partial charge in [-0.05, 0) is 19.1 Å². The van der Waals surface area contributed by atoms with Crippen LogP contribution in [-0.2, 0) is 10.0 Å². The van der Waals surface area contributed by atoms with Crippen LogP contribution in [0, 0.1) is 6.92 Å². The molecule has 0 aliphatic carbocycles. The van der Waals surface area contributed by atoms with E-state index in [2.05, 4.69) is 15.8 Å². The van der Waals surface area contributed by atoms with Crippen LogP contribution in [0.3, 0.4) is 0 Å². The number of carbonyl (C=O) groups is 1. The maximum Gasteiger partial charge on any atom is 0.323 e. The average Bonchev–Trinajstić information content (AvgIpc) is 2.77. The molecule has 118 valence electrons. The Morgan fingerprint density at radius 1 is 1.36 bits per heavy atom. The number of nitrogens with zero attached hydrogens (tertiary/aromatic N) is 1. The van der Waals surface area contributed by atoms with Gasteiger partial charge in [0, 0.05) is 0 Å². The maximum absolute atomic E-state index is 11.8. The number of amides is 2. The monoisotopic (exact) mass is 346 g/mol. The highest BCUT2D eigenvalue weighted by Crippen LogP contribution is 2.36. The molecule has 0 radical (unpaired) electrons. The molecule has 1 heterocycles. The molecule has 11 heteroatoms. The topological polar surface area (TPSA) is 148 Å². The number of hydrogen-bond acceptors (Lipinski definition) is 6. The minimum atomic E-state index is -4.26. The molecule has 0 saturated carbocycles. The molecule has 2 amide bonds. The first kappa shape index (κ1) is 16.1. The smallest absolute Gasteiger partial charge is 0.323 e. The molecule has 22 heavy (non-hydrogen) atoms. The molecule has 0 bridgehead atoms. The molecule has 2 rings (SSSR count). The number of hydrogen-bond donors (Lipinski definition) is 4. The lowest BCUT2D eigenvalue weighted by Gasteiger charge is -2.11. The summed E-state index contributed by atoms with van der Waals surface area (Å²) in [4.78, 5) is 11.1. The summed E-state index contributed by atoms with van der Waals surface area (Å²) in [6.45, 7) is 1.58. The fourth-order valence-electron chi connectivity index (χ4n) is 1.61. The number of urea groups is 1. The van der Waals surface area contributed by atoms with E-state index >= 15 is 0 Å². The van der Waals surface area contributed by atoms with Gasteiger partial charge < -0.3 is 20.3 Å². The first-order valence-corrected chi connectivity index (χ1v) is 7.66. The second kappa shape index (κ2) is 5.83. The molecule has 0 aliphatic heterocycles. The van der Waals surface area contributed by atoms with Crippen molar-refractivity contribution in [2.24, 2.45) is 5.14 Å². The van der Waals surface area contributed by atoms with Crippen molar-refractivity contribution < 1.29 is 22.8 Å². The van der Waals surface area contributed by atoms with Crippen LogP contribution in [0.1, 0.15) is 5.76 Å². The van der Waals surface area contributed by atoms with Gasteiger partial charge in [-0.25, -0.2) is 18.4 Å². The molecule has 9 nitrogen and oxygen atoms in total. The van der Waals surface area contributed by atoms with Crippen molar-refractivity contribution in [3.05, 3.63) is 29.1 Å². The molecule has 1 aromatic heterocycles. The second-order valence-electron chi connectivity index (χ2n) is 4.19. The maximum atomic E-state index is 11.8. The van der Waals surface area contributed by atoms with Gasteiger partial charge in [0.15, 0.2) is 11.5 Å². The largest absolute Gasteiger partial charge is 0.504 e. The predicted octanol–water partition coefficient (Wildman–Crippen LogP) is 1.63. The number of aromatic hydroxyl groups is 1. The van der Waals surface area contributed by atoms with Gasteiger partial charge in [0.25, 0.3) is 0 Å². The Labute approximate surface area is 130 Å². The van der Waals surface area contributed by atoms with E-state index in [-0.39, 0.29) is 10.7 Å². The van der Waals surface area contributed by atoms with Crippen LogP contribution in [-0.4, -0.2) is 24.7 Å². The summed E-state index contributed by atoms with van der Waals surface area (Å²) in [6.07, 6.45) is 1.28. The summed E-state index contributed by atoms with van der Waals surface area (Å²) in [5, 5.41) is 22.8. The van der Waals surface area contributed by atoms with Crippen molar-refractivity contribution in [3.8, 4) is 5.75 Å². The van der Waals surface area contributed by atoms with Crippen LogP contribution in [0.15, 0.2) is 27.7 Å². The number of halogens is 1. The minimum absolute atomic E-state index is 0.181. The van der Waals surface area contributed by atoms with E-state index in [1.165, 1.54) is 18.3 Å². The summed E-state index contributed by atoms with van der Waals surface area (Å²) in [5.41, 5.74) is 0.137. The molecule has 5 N–H and O–H groups in total. The van der Waals surface area contributed by atoms with Gasteiger partial charge in [-0.3, -0.25) is 0 Å². The Morgan fingerprint density at radius 2 is 2.00 bits per heavy atom. The second-order valence-corrected chi connectivity index (χ2v) is 6.10. The Bertz CT molecular complexity index is 833.